The van der Waals surface area contributed by atoms with Crippen LogP contribution in [0.25, 0.3) is 0 Å². The zero-order chi connectivity index (χ0) is 14.3. The second kappa shape index (κ2) is 7.70. The maximum absolute atomic E-state index is 11.9. The first-order chi connectivity index (χ1) is 9.74. The summed E-state index contributed by atoms with van der Waals surface area (Å²) in [5, 5.41) is 3.04. The molecule has 0 spiro atoms. The lowest BCUT2D eigenvalue weighted by Gasteiger charge is -2.35. The second-order valence-corrected chi connectivity index (χ2v) is 6.49. The Labute approximate surface area is 125 Å². The number of hydrogen-bond acceptors (Lipinski definition) is 3. The van der Waals surface area contributed by atoms with Crippen molar-refractivity contribution in [3.63, 3.8) is 0 Å². The number of methoxy groups -OCH3 is 1. The summed E-state index contributed by atoms with van der Waals surface area (Å²) in [4.78, 5) is 11.9. The fourth-order valence-corrected chi connectivity index (χ4v) is 3.68. The summed E-state index contributed by atoms with van der Waals surface area (Å²) in [5.74, 6) is 2.35. The third-order valence-electron chi connectivity index (χ3n) is 3.93. The number of thioether (sulfide) groups is 1. The van der Waals surface area contributed by atoms with E-state index in [0.29, 0.717) is 13.0 Å². The van der Waals surface area contributed by atoms with E-state index in [1.54, 1.807) is 7.11 Å². The van der Waals surface area contributed by atoms with Gasteiger partial charge in [-0.15, -0.1) is 0 Å². The van der Waals surface area contributed by atoms with Crippen molar-refractivity contribution < 1.29 is 9.53 Å². The molecule has 0 aliphatic carbocycles. The minimum Gasteiger partial charge on any atom is -0.376 e. The predicted molar refractivity (Wildman–Crippen MR) is 84.1 cm³/mol. The number of benzene rings is 1. The number of rotatable bonds is 6. The van der Waals surface area contributed by atoms with E-state index < -0.39 is 0 Å². The topological polar surface area (TPSA) is 38.3 Å². The SMILES string of the molecule is COC1(CNC(=O)CCc2ccccc2)CCSCC1. The number of aryl methyl sites for hydroxylation is 1. The van der Waals surface area contributed by atoms with Gasteiger partial charge in [-0.1, -0.05) is 30.3 Å². The fourth-order valence-electron chi connectivity index (χ4n) is 2.45. The molecule has 0 unspecified atom stereocenters. The maximum Gasteiger partial charge on any atom is 0.220 e. The summed E-state index contributed by atoms with van der Waals surface area (Å²) in [6.07, 6.45) is 3.38. The molecule has 110 valence electrons. The molecule has 0 bridgehead atoms. The summed E-state index contributed by atoms with van der Waals surface area (Å²) in [6.45, 7) is 0.637. The quantitative estimate of drug-likeness (QED) is 0.876. The lowest BCUT2D eigenvalue weighted by molar-refractivity contribution is -0.122. The van der Waals surface area contributed by atoms with E-state index in [4.69, 9.17) is 4.74 Å². The van der Waals surface area contributed by atoms with Crippen molar-refractivity contribution in [2.75, 3.05) is 25.2 Å². The van der Waals surface area contributed by atoms with E-state index in [2.05, 4.69) is 17.4 Å². The van der Waals surface area contributed by atoms with Crippen LogP contribution >= 0.6 is 11.8 Å². The van der Waals surface area contributed by atoms with Gasteiger partial charge >= 0.3 is 0 Å². The molecular weight excluding hydrogens is 270 g/mol. The van der Waals surface area contributed by atoms with E-state index >= 15 is 0 Å². The molecular formula is C16H23NO2S. The number of nitrogens with one attached hydrogen (secondary N) is 1. The molecule has 3 nitrogen and oxygen atoms in total. The Morgan fingerprint density at radius 2 is 2.00 bits per heavy atom. The van der Waals surface area contributed by atoms with Gasteiger partial charge < -0.3 is 10.1 Å². The minimum atomic E-state index is -0.145. The normalized spacial score (nSPS) is 17.6. The highest BCUT2D eigenvalue weighted by Gasteiger charge is 2.32. The van der Waals surface area contributed by atoms with Gasteiger partial charge in [0.05, 0.1) is 5.60 Å². The zero-order valence-corrected chi connectivity index (χ0v) is 12.9. The van der Waals surface area contributed by atoms with Crippen molar-refractivity contribution in [2.45, 2.75) is 31.3 Å². The molecule has 1 aliphatic rings. The molecule has 1 saturated heterocycles. The van der Waals surface area contributed by atoms with Gasteiger partial charge in [-0.2, -0.15) is 11.8 Å². The Balaban J connectivity index is 1.74. The summed E-state index contributed by atoms with van der Waals surface area (Å²) >= 11 is 1.96. The Morgan fingerprint density at radius 1 is 1.30 bits per heavy atom. The largest absolute Gasteiger partial charge is 0.376 e. The van der Waals surface area contributed by atoms with Crippen LogP contribution in [0.5, 0.6) is 0 Å². The molecule has 0 radical (unpaired) electrons. The molecule has 1 aromatic rings. The summed E-state index contributed by atoms with van der Waals surface area (Å²) in [6, 6.07) is 10.1. The lowest BCUT2D eigenvalue weighted by Crippen LogP contribution is -2.46. The van der Waals surface area contributed by atoms with Gasteiger partial charge in [0.25, 0.3) is 0 Å². The van der Waals surface area contributed by atoms with Crippen LogP contribution in [0.3, 0.4) is 0 Å². The van der Waals surface area contributed by atoms with Crippen LogP contribution in [0.4, 0.5) is 0 Å². The number of carbonyl (C=O) groups excluding carboxylic acids is 1. The molecule has 2 rings (SSSR count). The van der Waals surface area contributed by atoms with Crippen LogP contribution < -0.4 is 5.32 Å². The molecule has 4 heteroatoms. The average molecular weight is 293 g/mol. The summed E-state index contributed by atoms with van der Waals surface area (Å²) < 4.78 is 5.66. The molecule has 0 aromatic heterocycles. The van der Waals surface area contributed by atoms with Crippen molar-refractivity contribution >= 4 is 17.7 Å². The monoisotopic (exact) mass is 293 g/mol. The van der Waals surface area contributed by atoms with E-state index in [9.17, 15) is 4.79 Å². The summed E-state index contributed by atoms with van der Waals surface area (Å²) in [5.41, 5.74) is 1.06. The zero-order valence-electron chi connectivity index (χ0n) is 12.1. The van der Waals surface area contributed by atoms with Gasteiger partial charge in [-0.3, -0.25) is 4.79 Å². The highest BCUT2D eigenvalue weighted by atomic mass is 32.2. The third-order valence-corrected chi connectivity index (χ3v) is 4.91. The standard InChI is InChI=1S/C16H23NO2S/c1-19-16(9-11-20-12-10-16)13-17-15(18)8-7-14-5-3-2-4-6-14/h2-6H,7-13H2,1H3,(H,17,18). The molecule has 1 aromatic carbocycles. The fraction of sp³-hybridized carbons (Fsp3) is 0.562. The molecule has 0 saturated carbocycles. The van der Waals surface area contributed by atoms with Crippen molar-refractivity contribution in [3.8, 4) is 0 Å². The Morgan fingerprint density at radius 3 is 2.65 bits per heavy atom. The second-order valence-electron chi connectivity index (χ2n) is 5.26. The summed E-state index contributed by atoms with van der Waals surface area (Å²) in [7, 11) is 1.76. The van der Waals surface area contributed by atoms with Crippen LogP contribution in [0.2, 0.25) is 0 Å². The van der Waals surface area contributed by atoms with Crippen molar-refractivity contribution in [1.82, 2.24) is 5.32 Å². The average Bonchev–Trinajstić information content (AvgIpc) is 2.53. The van der Waals surface area contributed by atoms with Crippen molar-refractivity contribution in [3.05, 3.63) is 35.9 Å². The van der Waals surface area contributed by atoms with Gasteiger partial charge in [0.2, 0.25) is 5.91 Å². The first kappa shape index (κ1) is 15.4. The first-order valence-corrected chi connectivity index (χ1v) is 8.33. The predicted octanol–water partition coefficient (Wildman–Crippen LogP) is 2.65. The van der Waals surface area contributed by atoms with Gasteiger partial charge in [-0.05, 0) is 36.3 Å². The van der Waals surface area contributed by atoms with E-state index in [0.717, 1.165) is 30.8 Å². The third kappa shape index (κ3) is 4.53. The molecule has 20 heavy (non-hydrogen) atoms. The molecule has 1 amide bonds. The number of ether oxygens (including phenoxy) is 1. The maximum atomic E-state index is 11.9. The Bertz CT molecular complexity index is 416. The van der Waals surface area contributed by atoms with Gasteiger partial charge in [0.1, 0.15) is 0 Å². The van der Waals surface area contributed by atoms with E-state index in [-0.39, 0.29) is 11.5 Å². The minimum absolute atomic E-state index is 0.114. The number of hydrogen-bond donors (Lipinski definition) is 1. The molecule has 0 atom stereocenters. The highest BCUT2D eigenvalue weighted by molar-refractivity contribution is 7.99. The van der Waals surface area contributed by atoms with Crippen LogP contribution in [0, 0.1) is 0 Å². The van der Waals surface area contributed by atoms with Crippen LogP contribution in [0.15, 0.2) is 30.3 Å². The lowest BCUT2D eigenvalue weighted by atomic mass is 9.96. The van der Waals surface area contributed by atoms with Crippen molar-refractivity contribution in [2.24, 2.45) is 0 Å². The number of amides is 1. The Kier molecular flexibility index (Phi) is 5.92. The molecule has 1 heterocycles. The van der Waals surface area contributed by atoms with E-state index in [1.165, 1.54) is 5.56 Å². The van der Waals surface area contributed by atoms with Crippen LogP contribution in [-0.4, -0.2) is 36.7 Å². The number of carbonyl (C=O) groups is 1. The van der Waals surface area contributed by atoms with Crippen LogP contribution in [0.1, 0.15) is 24.8 Å². The molecule has 1 N–H and O–H groups in total. The van der Waals surface area contributed by atoms with Gasteiger partial charge in [0, 0.05) is 20.1 Å². The van der Waals surface area contributed by atoms with Gasteiger partial charge in [0.15, 0.2) is 0 Å². The molecule has 1 aliphatic heterocycles. The van der Waals surface area contributed by atoms with Crippen LogP contribution in [-0.2, 0) is 16.0 Å². The van der Waals surface area contributed by atoms with Gasteiger partial charge in [-0.25, -0.2) is 0 Å². The Hall–Kier alpha value is -1.00. The molecule has 1 fully saturated rings. The van der Waals surface area contributed by atoms with Crippen molar-refractivity contribution in [1.29, 1.82) is 0 Å². The van der Waals surface area contributed by atoms with E-state index in [1.807, 2.05) is 30.0 Å². The first-order valence-electron chi connectivity index (χ1n) is 7.18. The highest BCUT2D eigenvalue weighted by Crippen LogP contribution is 2.29. The smallest absolute Gasteiger partial charge is 0.220 e.